The van der Waals surface area contributed by atoms with Crippen molar-refractivity contribution in [1.82, 2.24) is 10.6 Å². The van der Waals surface area contributed by atoms with Gasteiger partial charge in [-0.15, -0.1) is 0 Å². The second kappa shape index (κ2) is 6.41. The van der Waals surface area contributed by atoms with Crippen molar-refractivity contribution in [2.75, 3.05) is 20.6 Å². The van der Waals surface area contributed by atoms with E-state index in [4.69, 9.17) is 12.2 Å². The molecule has 0 aromatic rings. The van der Waals surface area contributed by atoms with Gasteiger partial charge in [0.05, 0.1) is 20.6 Å². The van der Waals surface area contributed by atoms with Crippen LogP contribution in [0.5, 0.6) is 0 Å². The fourth-order valence-electron chi connectivity index (χ4n) is 4.97. The molecule has 3 atom stereocenters. The van der Waals surface area contributed by atoms with Gasteiger partial charge in [-0.25, -0.2) is 0 Å². The second-order valence-electron chi connectivity index (χ2n) is 7.95. The van der Waals surface area contributed by atoms with E-state index in [0.29, 0.717) is 11.6 Å². The van der Waals surface area contributed by atoms with Crippen molar-refractivity contribution in [2.24, 2.45) is 11.8 Å². The van der Waals surface area contributed by atoms with Crippen molar-refractivity contribution < 1.29 is 4.90 Å². The highest BCUT2D eigenvalue weighted by Crippen LogP contribution is 2.44. The van der Waals surface area contributed by atoms with Gasteiger partial charge in [-0.2, -0.15) is 0 Å². The van der Waals surface area contributed by atoms with Gasteiger partial charge in [0.15, 0.2) is 5.11 Å². The Morgan fingerprint density at radius 2 is 1.90 bits per heavy atom. The molecule has 0 aromatic heterocycles. The molecule has 3 saturated carbocycles. The normalized spacial score (nSPS) is 34.1. The van der Waals surface area contributed by atoms with Crippen LogP contribution < -0.4 is 15.5 Å². The monoisotopic (exact) mass is 310 g/mol. The van der Waals surface area contributed by atoms with E-state index < -0.39 is 0 Å². The first-order valence-electron chi connectivity index (χ1n) is 8.94. The minimum Gasteiger partial charge on any atom is -0.360 e. The summed E-state index contributed by atoms with van der Waals surface area (Å²) in [5, 5.41) is 8.08. The van der Waals surface area contributed by atoms with Crippen LogP contribution in [-0.4, -0.2) is 37.3 Å². The van der Waals surface area contributed by atoms with Gasteiger partial charge in [0, 0.05) is 18.9 Å². The quantitative estimate of drug-likeness (QED) is 0.687. The highest BCUT2D eigenvalue weighted by atomic mass is 32.1. The van der Waals surface area contributed by atoms with E-state index in [1.54, 1.807) is 4.90 Å². The predicted octanol–water partition coefficient (Wildman–Crippen LogP) is 1.49. The van der Waals surface area contributed by atoms with Crippen LogP contribution in [0, 0.1) is 11.8 Å². The van der Waals surface area contributed by atoms with Gasteiger partial charge < -0.3 is 15.5 Å². The van der Waals surface area contributed by atoms with Crippen molar-refractivity contribution >= 4 is 17.3 Å². The maximum atomic E-state index is 5.58. The van der Waals surface area contributed by atoms with Crippen molar-refractivity contribution in [2.45, 2.75) is 69.4 Å². The van der Waals surface area contributed by atoms with Gasteiger partial charge in [0.25, 0.3) is 0 Å². The first-order valence-corrected chi connectivity index (χ1v) is 9.35. The average molecular weight is 311 g/mol. The largest absolute Gasteiger partial charge is 0.360 e. The molecule has 0 spiro atoms. The molecule has 3 fully saturated rings. The third kappa shape index (κ3) is 3.37. The number of hydrogen-bond donors (Lipinski definition) is 3. The van der Waals surface area contributed by atoms with Crippen LogP contribution >= 0.6 is 12.2 Å². The molecular weight excluding hydrogens is 278 g/mol. The maximum Gasteiger partial charge on any atom is 0.166 e. The van der Waals surface area contributed by atoms with Crippen LogP contribution in [0.3, 0.4) is 0 Å². The van der Waals surface area contributed by atoms with Crippen LogP contribution in [0.15, 0.2) is 0 Å². The second-order valence-corrected chi connectivity index (χ2v) is 8.36. The van der Waals surface area contributed by atoms with Crippen LogP contribution in [-0.2, 0) is 0 Å². The third-order valence-corrected chi connectivity index (χ3v) is 6.78. The van der Waals surface area contributed by atoms with Crippen LogP contribution in [0.4, 0.5) is 0 Å². The molecule has 2 bridgehead atoms. The zero-order chi connectivity index (χ0) is 14.9. The van der Waals surface area contributed by atoms with E-state index >= 15 is 0 Å². The molecule has 3 nitrogen and oxygen atoms in total. The molecule has 0 radical (unpaired) electrons. The summed E-state index contributed by atoms with van der Waals surface area (Å²) in [7, 11) is 4.61. The molecule has 0 saturated heterocycles. The Kier molecular flexibility index (Phi) is 4.75. The Bertz CT molecular complexity index is 376. The Hall–Kier alpha value is -0.350. The lowest BCUT2D eigenvalue weighted by Crippen LogP contribution is -3.16. The predicted molar refractivity (Wildman–Crippen MR) is 91.6 cm³/mol. The number of nitrogens with one attached hydrogen (secondary N) is 3. The highest BCUT2D eigenvalue weighted by molar-refractivity contribution is 7.80. The Morgan fingerprint density at radius 3 is 2.48 bits per heavy atom. The summed E-state index contributed by atoms with van der Waals surface area (Å²) < 4.78 is 0. The standard InChI is InChI=1S/C17H31N3S/c1-20(2)17(8-4-3-5-9-17)12-18-16(21)19-15-11-13-6-7-14(15)10-13/h13-15H,3-12H2,1-2H3,(H2,18,19,21)/p+1/t13-,14+,15-/m0/s1. The first kappa shape index (κ1) is 15.5. The fourth-order valence-corrected chi connectivity index (χ4v) is 5.20. The topological polar surface area (TPSA) is 28.5 Å². The van der Waals surface area contributed by atoms with Crippen LogP contribution in [0.25, 0.3) is 0 Å². The molecule has 0 heterocycles. The zero-order valence-corrected chi connectivity index (χ0v) is 14.5. The summed E-state index contributed by atoms with van der Waals surface area (Å²) in [6.07, 6.45) is 12.5. The summed E-state index contributed by atoms with van der Waals surface area (Å²) in [5.41, 5.74) is 0.388. The lowest BCUT2D eigenvalue weighted by Gasteiger charge is -2.40. The molecule has 3 aliphatic carbocycles. The van der Waals surface area contributed by atoms with E-state index in [-0.39, 0.29) is 0 Å². The zero-order valence-electron chi connectivity index (χ0n) is 13.7. The SMILES string of the molecule is C[NH+](C)C1(CNC(=S)N[C@H]2C[C@H]3CC[C@@H]2C3)CCCCC1. The summed E-state index contributed by atoms with van der Waals surface area (Å²) in [5.74, 6) is 1.86. The first-order chi connectivity index (χ1) is 10.1. The van der Waals surface area contributed by atoms with Gasteiger partial charge in [-0.3, -0.25) is 0 Å². The smallest absolute Gasteiger partial charge is 0.166 e. The van der Waals surface area contributed by atoms with Crippen LogP contribution in [0.2, 0.25) is 0 Å². The van der Waals surface area contributed by atoms with Crippen LogP contribution in [0.1, 0.15) is 57.8 Å². The molecule has 3 aliphatic rings. The molecule has 0 amide bonds. The Morgan fingerprint density at radius 1 is 1.14 bits per heavy atom. The maximum absolute atomic E-state index is 5.58. The number of hydrogen-bond acceptors (Lipinski definition) is 1. The van der Waals surface area contributed by atoms with E-state index in [1.165, 1.54) is 57.8 Å². The Labute approximate surface area is 135 Å². The number of thiocarbonyl (C=S) groups is 1. The van der Waals surface area contributed by atoms with E-state index in [9.17, 15) is 0 Å². The molecule has 120 valence electrons. The average Bonchev–Trinajstić information content (AvgIpc) is 3.08. The molecule has 4 heteroatoms. The number of rotatable bonds is 4. The van der Waals surface area contributed by atoms with Gasteiger partial charge in [-0.05, 0) is 56.2 Å². The van der Waals surface area contributed by atoms with E-state index in [0.717, 1.165) is 23.5 Å². The lowest BCUT2D eigenvalue weighted by atomic mass is 9.80. The van der Waals surface area contributed by atoms with Crippen molar-refractivity contribution in [3.63, 3.8) is 0 Å². The fraction of sp³-hybridized carbons (Fsp3) is 0.941. The van der Waals surface area contributed by atoms with E-state index in [2.05, 4.69) is 24.7 Å². The van der Waals surface area contributed by atoms with Gasteiger partial charge in [0.1, 0.15) is 5.54 Å². The molecular formula is C17H32N3S+. The van der Waals surface area contributed by atoms with Crippen molar-refractivity contribution in [3.05, 3.63) is 0 Å². The Balaban J connectivity index is 1.48. The highest BCUT2D eigenvalue weighted by Gasteiger charge is 2.41. The summed E-state index contributed by atoms with van der Waals surface area (Å²) in [4.78, 5) is 1.58. The molecule has 3 N–H and O–H groups in total. The molecule has 3 rings (SSSR count). The number of quaternary nitrogens is 1. The van der Waals surface area contributed by atoms with Gasteiger partial charge >= 0.3 is 0 Å². The third-order valence-electron chi connectivity index (χ3n) is 6.51. The minimum atomic E-state index is 0.388. The van der Waals surface area contributed by atoms with E-state index in [1.807, 2.05) is 0 Å². The summed E-state index contributed by atoms with van der Waals surface area (Å²) >= 11 is 5.58. The van der Waals surface area contributed by atoms with Crippen molar-refractivity contribution in [1.29, 1.82) is 0 Å². The summed E-state index contributed by atoms with van der Waals surface area (Å²) in [6.45, 7) is 1.03. The molecule has 0 aromatic carbocycles. The molecule has 21 heavy (non-hydrogen) atoms. The minimum absolute atomic E-state index is 0.388. The molecule has 0 aliphatic heterocycles. The van der Waals surface area contributed by atoms with Crippen molar-refractivity contribution in [3.8, 4) is 0 Å². The van der Waals surface area contributed by atoms with Gasteiger partial charge in [0.2, 0.25) is 0 Å². The number of likely N-dealkylation sites (N-methyl/N-ethyl adjacent to an activating group) is 1. The summed E-state index contributed by atoms with van der Waals surface area (Å²) in [6, 6.07) is 0.651. The van der Waals surface area contributed by atoms with Gasteiger partial charge in [-0.1, -0.05) is 12.8 Å². The lowest BCUT2D eigenvalue weighted by molar-refractivity contribution is -0.916. The number of fused-ring (bicyclic) bond motifs is 2. The molecule has 0 unspecified atom stereocenters.